The van der Waals surface area contributed by atoms with Gasteiger partial charge in [0.15, 0.2) is 5.78 Å². The molecule has 3 rings (SSSR count). The highest BCUT2D eigenvalue weighted by molar-refractivity contribution is 5.94. The van der Waals surface area contributed by atoms with Gasteiger partial charge in [-0.25, -0.2) is 0 Å². The molecule has 150 valence electrons. The second-order valence-electron chi connectivity index (χ2n) is 8.20. The number of benzene rings is 1. The summed E-state index contributed by atoms with van der Waals surface area (Å²) in [6.07, 6.45) is 7.07. The van der Waals surface area contributed by atoms with E-state index in [0.29, 0.717) is 18.6 Å². The summed E-state index contributed by atoms with van der Waals surface area (Å²) in [6, 6.07) is 6.22. The molecule has 0 atom stereocenters. The predicted molar refractivity (Wildman–Crippen MR) is 111 cm³/mol. The fourth-order valence-corrected chi connectivity index (χ4v) is 3.92. The van der Waals surface area contributed by atoms with E-state index in [2.05, 4.69) is 43.9 Å². The monoisotopic (exact) mass is 383 g/mol. The maximum atomic E-state index is 12.1. The minimum absolute atomic E-state index is 0.105. The van der Waals surface area contributed by atoms with Crippen molar-refractivity contribution >= 4 is 23.5 Å². The standard InChI is InChI=1S/C23H29NO4/c1-4-24(11-7-5-6-8-22(26)27)17-10-9-16-12-19-21(28-20(16)13-17)14-18(25)15-23(19,2)3/h9-10,12-14H,4-8,11,15H2,1-3H3,(H,26,27). The third kappa shape index (κ3) is 4.46. The maximum Gasteiger partial charge on any atom is 0.303 e. The minimum Gasteiger partial charge on any atom is -0.481 e. The summed E-state index contributed by atoms with van der Waals surface area (Å²) in [4.78, 5) is 24.9. The van der Waals surface area contributed by atoms with Gasteiger partial charge in [0, 0.05) is 60.3 Å². The Morgan fingerprint density at radius 2 is 2.00 bits per heavy atom. The van der Waals surface area contributed by atoms with Crippen LogP contribution in [0.2, 0.25) is 0 Å². The normalized spacial score (nSPS) is 17.0. The maximum absolute atomic E-state index is 12.1. The Hall–Kier alpha value is -2.56. The van der Waals surface area contributed by atoms with Crippen LogP contribution >= 0.6 is 0 Å². The number of anilines is 1. The van der Waals surface area contributed by atoms with Crippen molar-refractivity contribution in [1.29, 1.82) is 0 Å². The second kappa shape index (κ2) is 8.21. The van der Waals surface area contributed by atoms with Gasteiger partial charge in [-0.15, -0.1) is 0 Å². The number of ketones is 1. The highest BCUT2D eigenvalue weighted by Gasteiger charge is 2.36. The Morgan fingerprint density at radius 3 is 2.71 bits per heavy atom. The first-order chi connectivity index (χ1) is 13.3. The molecule has 0 saturated heterocycles. The minimum atomic E-state index is -0.731. The van der Waals surface area contributed by atoms with Crippen LogP contribution in [0.1, 0.15) is 58.4 Å². The van der Waals surface area contributed by atoms with Crippen LogP contribution in [-0.2, 0) is 9.59 Å². The highest BCUT2D eigenvalue weighted by Crippen LogP contribution is 2.45. The largest absolute Gasteiger partial charge is 0.481 e. The van der Waals surface area contributed by atoms with Gasteiger partial charge in [0.1, 0.15) is 11.5 Å². The molecular weight excluding hydrogens is 354 g/mol. The average Bonchev–Trinajstić information content (AvgIpc) is 2.62. The van der Waals surface area contributed by atoms with Crippen molar-refractivity contribution in [1.82, 2.24) is 0 Å². The van der Waals surface area contributed by atoms with Gasteiger partial charge in [0.25, 0.3) is 0 Å². The number of fused-ring (bicyclic) bond motifs is 2. The number of carboxylic acid groups (broad SMARTS) is 1. The molecule has 0 fully saturated rings. The van der Waals surface area contributed by atoms with Gasteiger partial charge in [0.05, 0.1) is 0 Å². The molecule has 0 saturated carbocycles. The zero-order valence-corrected chi connectivity index (χ0v) is 17.0. The van der Waals surface area contributed by atoms with Crippen molar-refractivity contribution in [3.63, 3.8) is 0 Å². The van der Waals surface area contributed by atoms with E-state index in [1.54, 1.807) is 6.08 Å². The fourth-order valence-electron chi connectivity index (χ4n) is 3.92. The molecule has 5 heteroatoms. The molecule has 28 heavy (non-hydrogen) atoms. The summed E-state index contributed by atoms with van der Waals surface area (Å²) < 4.78 is 6.13. The van der Waals surface area contributed by atoms with Crippen LogP contribution in [0.15, 0.2) is 35.6 Å². The van der Waals surface area contributed by atoms with E-state index >= 15 is 0 Å². The zero-order chi connectivity index (χ0) is 20.3. The zero-order valence-electron chi connectivity index (χ0n) is 17.0. The van der Waals surface area contributed by atoms with E-state index in [1.807, 2.05) is 6.07 Å². The number of carbonyl (C=O) groups excluding carboxylic acids is 1. The molecule has 0 aromatic heterocycles. The number of nitrogens with zero attached hydrogens (tertiary/aromatic N) is 1. The SMILES string of the molecule is CCN(CCCCCC(=O)O)c1ccc2c(c1)OC1=CC(=O)CC(C)(C)C1=C2. The molecule has 1 aromatic rings. The van der Waals surface area contributed by atoms with Gasteiger partial charge in [-0.05, 0) is 38.0 Å². The molecule has 1 aliphatic heterocycles. The summed E-state index contributed by atoms with van der Waals surface area (Å²) in [6.45, 7) is 8.02. The number of aliphatic carboxylic acids is 1. The highest BCUT2D eigenvalue weighted by atomic mass is 16.5. The molecule has 0 radical (unpaired) electrons. The van der Waals surface area contributed by atoms with Crippen molar-refractivity contribution in [2.24, 2.45) is 5.41 Å². The number of allylic oxidation sites excluding steroid dienone is 2. The number of rotatable bonds is 8. The third-order valence-electron chi connectivity index (χ3n) is 5.49. The second-order valence-corrected chi connectivity index (χ2v) is 8.20. The lowest BCUT2D eigenvalue weighted by Crippen LogP contribution is -2.28. The number of hydrogen-bond acceptors (Lipinski definition) is 4. The van der Waals surface area contributed by atoms with Gasteiger partial charge in [0.2, 0.25) is 0 Å². The first-order valence-corrected chi connectivity index (χ1v) is 10.1. The fraction of sp³-hybridized carbons (Fsp3) is 0.478. The summed E-state index contributed by atoms with van der Waals surface area (Å²) in [5.74, 6) is 0.823. The summed E-state index contributed by atoms with van der Waals surface area (Å²) in [7, 11) is 0. The van der Waals surface area contributed by atoms with E-state index in [4.69, 9.17) is 9.84 Å². The number of unbranched alkanes of at least 4 members (excludes halogenated alkanes) is 2. The number of ether oxygens (including phenoxy) is 1. The van der Waals surface area contributed by atoms with Crippen LogP contribution in [0.3, 0.4) is 0 Å². The van der Waals surface area contributed by atoms with Gasteiger partial charge >= 0.3 is 5.97 Å². The lowest BCUT2D eigenvalue weighted by molar-refractivity contribution is -0.137. The van der Waals surface area contributed by atoms with Crippen LogP contribution in [0.25, 0.3) is 6.08 Å². The molecule has 1 heterocycles. The van der Waals surface area contributed by atoms with E-state index in [0.717, 1.165) is 48.5 Å². The Balaban J connectivity index is 1.74. The molecule has 2 aliphatic rings. The first-order valence-electron chi connectivity index (χ1n) is 10.1. The van der Waals surface area contributed by atoms with Crippen molar-refractivity contribution in [2.45, 2.75) is 52.9 Å². The van der Waals surface area contributed by atoms with Crippen LogP contribution in [0.4, 0.5) is 5.69 Å². The van der Waals surface area contributed by atoms with Gasteiger partial charge in [-0.2, -0.15) is 0 Å². The van der Waals surface area contributed by atoms with Crippen molar-refractivity contribution < 1.29 is 19.4 Å². The summed E-state index contributed by atoms with van der Waals surface area (Å²) in [5, 5.41) is 8.74. The Kier molecular flexibility index (Phi) is 5.92. The van der Waals surface area contributed by atoms with Crippen LogP contribution in [0.5, 0.6) is 5.75 Å². The van der Waals surface area contributed by atoms with Crippen molar-refractivity contribution in [2.75, 3.05) is 18.0 Å². The van der Waals surface area contributed by atoms with E-state index in [9.17, 15) is 9.59 Å². The Bertz CT molecular complexity index is 835. The van der Waals surface area contributed by atoms with Crippen LogP contribution in [0, 0.1) is 5.41 Å². The number of carboxylic acids is 1. The van der Waals surface area contributed by atoms with Gasteiger partial charge in [-0.1, -0.05) is 20.3 Å². The van der Waals surface area contributed by atoms with E-state index in [1.165, 1.54) is 0 Å². The molecule has 0 bridgehead atoms. The molecule has 1 N–H and O–H groups in total. The molecule has 0 amide bonds. The lowest BCUT2D eigenvalue weighted by atomic mass is 9.74. The van der Waals surface area contributed by atoms with Crippen LogP contribution in [-0.4, -0.2) is 29.9 Å². The molecular formula is C23H29NO4. The van der Waals surface area contributed by atoms with E-state index in [-0.39, 0.29) is 17.6 Å². The molecule has 1 aliphatic carbocycles. The quantitative estimate of drug-likeness (QED) is 0.652. The number of carbonyl (C=O) groups is 2. The van der Waals surface area contributed by atoms with Crippen molar-refractivity contribution in [3.05, 3.63) is 41.2 Å². The number of hydrogen-bond donors (Lipinski definition) is 1. The Labute approximate surface area is 166 Å². The summed E-state index contributed by atoms with van der Waals surface area (Å²) in [5.41, 5.74) is 2.98. The third-order valence-corrected chi connectivity index (χ3v) is 5.49. The predicted octanol–water partition coefficient (Wildman–Crippen LogP) is 4.82. The van der Waals surface area contributed by atoms with Gasteiger partial charge in [-0.3, -0.25) is 9.59 Å². The molecule has 0 unspecified atom stereocenters. The van der Waals surface area contributed by atoms with Crippen LogP contribution < -0.4 is 9.64 Å². The Morgan fingerprint density at radius 1 is 1.21 bits per heavy atom. The van der Waals surface area contributed by atoms with Gasteiger partial charge < -0.3 is 14.7 Å². The molecule has 5 nitrogen and oxygen atoms in total. The average molecular weight is 383 g/mol. The topological polar surface area (TPSA) is 66.8 Å². The lowest BCUT2D eigenvalue weighted by Gasteiger charge is -2.35. The first kappa shape index (κ1) is 20.2. The molecule has 1 aromatic carbocycles. The molecule has 0 spiro atoms. The smallest absolute Gasteiger partial charge is 0.303 e. The van der Waals surface area contributed by atoms with Crippen molar-refractivity contribution in [3.8, 4) is 5.75 Å². The summed E-state index contributed by atoms with van der Waals surface area (Å²) >= 11 is 0. The van der Waals surface area contributed by atoms with E-state index < -0.39 is 5.97 Å².